The molecule has 118 valence electrons. The normalized spacial score (nSPS) is 26.4. The predicted octanol–water partition coefficient (Wildman–Crippen LogP) is 5.07. The topological polar surface area (TPSA) is 29.1 Å². The zero-order valence-corrected chi connectivity index (χ0v) is 13.9. The summed E-state index contributed by atoms with van der Waals surface area (Å²) in [6, 6.07) is 0.427. The third-order valence-corrected chi connectivity index (χ3v) is 5.06. The lowest BCUT2D eigenvalue weighted by molar-refractivity contribution is -0.122. The minimum atomic E-state index is 0.282. The van der Waals surface area contributed by atoms with E-state index in [-0.39, 0.29) is 5.91 Å². The van der Waals surface area contributed by atoms with Gasteiger partial charge in [0.2, 0.25) is 5.91 Å². The Labute approximate surface area is 126 Å². The van der Waals surface area contributed by atoms with E-state index in [2.05, 4.69) is 26.1 Å². The van der Waals surface area contributed by atoms with E-state index in [0.717, 1.165) is 18.8 Å². The first-order valence-electron chi connectivity index (χ1n) is 8.94. The van der Waals surface area contributed by atoms with Crippen LogP contribution >= 0.6 is 0 Å². The highest BCUT2D eigenvalue weighted by Gasteiger charge is 2.27. The molecule has 1 N–H and O–H groups in total. The second-order valence-electron chi connectivity index (χ2n) is 6.81. The van der Waals surface area contributed by atoms with Crippen LogP contribution in [0.4, 0.5) is 0 Å². The van der Waals surface area contributed by atoms with Gasteiger partial charge in [-0.05, 0) is 24.7 Å². The van der Waals surface area contributed by atoms with Gasteiger partial charge in [0.25, 0.3) is 0 Å². The van der Waals surface area contributed by atoms with E-state index in [1.807, 2.05) is 0 Å². The number of amides is 1. The summed E-state index contributed by atoms with van der Waals surface area (Å²) >= 11 is 0. The highest BCUT2D eigenvalue weighted by atomic mass is 16.1. The molecule has 1 amide bonds. The fourth-order valence-electron chi connectivity index (χ4n) is 3.31. The second kappa shape index (κ2) is 10.2. The first-order valence-corrected chi connectivity index (χ1v) is 8.94. The SMILES string of the molecule is CCCCCCCCCC(=O)N[C@@H]1CCC[C@H](C)[C@H]1C. The zero-order valence-electron chi connectivity index (χ0n) is 13.9. The van der Waals surface area contributed by atoms with Gasteiger partial charge in [0, 0.05) is 12.5 Å². The summed E-state index contributed by atoms with van der Waals surface area (Å²) in [5, 5.41) is 3.27. The van der Waals surface area contributed by atoms with Crippen LogP contribution in [-0.4, -0.2) is 11.9 Å². The van der Waals surface area contributed by atoms with Crippen molar-refractivity contribution in [2.24, 2.45) is 11.8 Å². The van der Waals surface area contributed by atoms with Crippen molar-refractivity contribution < 1.29 is 4.79 Å². The van der Waals surface area contributed by atoms with Crippen molar-refractivity contribution in [2.45, 2.75) is 97.4 Å². The average Bonchev–Trinajstić information content (AvgIpc) is 2.43. The Morgan fingerprint density at radius 2 is 1.65 bits per heavy atom. The number of unbranched alkanes of at least 4 members (excludes halogenated alkanes) is 6. The lowest BCUT2D eigenvalue weighted by atomic mass is 9.78. The van der Waals surface area contributed by atoms with Gasteiger partial charge in [0.15, 0.2) is 0 Å². The maximum Gasteiger partial charge on any atom is 0.220 e. The summed E-state index contributed by atoms with van der Waals surface area (Å²) in [6.45, 7) is 6.86. The molecule has 2 nitrogen and oxygen atoms in total. The molecule has 0 aromatic rings. The van der Waals surface area contributed by atoms with Gasteiger partial charge in [-0.15, -0.1) is 0 Å². The van der Waals surface area contributed by atoms with E-state index >= 15 is 0 Å². The molecule has 1 aliphatic carbocycles. The summed E-state index contributed by atoms with van der Waals surface area (Å²) in [4.78, 5) is 12.0. The lowest BCUT2D eigenvalue weighted by Gasteiger charge is -2.34. The standard InChI is InChI=1S/C18H35NO/c1-4-5-6-7-8-9-10-14-18(20)19-17-13-11-12-15(2)16(17)3/h15-17H,4-14H2,1-3H3,(H,19,20)/t15-,16+,17+/m0/s1. The molecule has 0 aromatic carbocycles. The second-order valence-corrected chi connectivity index (χ2v) is 6.81. The molecule has 1 aliphatic rings. The highest BCUT2D eigenvalue weighted by molar-refractivity contribution is 5.76. The largest absolute Gasteiger partial charge is 0.353 e. The van der Waals surface area contributed by atoms with Crippen LogP contribution in [0.2, 0.25) is 0 Å². The number of carbonyl (C=O) groups excluding carboxylic acids is 1. The molecule has 1 saturated carbocycles. The Kier molecular flexibility index (Phi) is 8.97. The molecule has 0 heterocycles. The van der Waals surface area contributed by atoms with E-state index in [4.69, 9.17) is 0 Å². The Balaban J connectivity index is 2.05. The highest BCUT2D eigenvalue weighted by Crippen LogP contribution is 2.29. The first-order chi connectivity index (χ1) is 9.65. The molecular formula is C18H35NO. The van der Waals surface area contributed by atoms with Crippen LogP contribution in [0.1, 0.15) is 91.4 Å². The molecule has 0 spiro atoms. The van der Waals surface area contributed by atoms with E-state index in [1.54, 1.807) is 0 Å². The van der Waals surface area contributed by atoms with E-state index in [9.17, 15) is 4.79 Å². The van der Waals surface area contributed by atoms with Crippen molar-refractivity contribution in [1.82, 2.24) is 5.32 Å². The van der Waals surface area contributed by atoms with Crippen molar-refractivity contribution in [2.75, 3.05) is 0 Å². The van der Waals surface area contributed by atoms with E-state index in [1.165, 1.54) is 57.8 Å². The quantitative estimate of drug-likeness (QED) is 0.587. The van der Waals surface area contributed by atoms with Crippen LogP contribution in [0, 0.1) is 11.8 Å². The zero-order chi connectivity index (χ0) is 14.8. The fourth-order valence-corrected chi connectivity index (χ4v) is 3.31. The number of rotatable bonds is 9. The number of nitrogens with one attached hydrogen (secondary N) is 1. The molecule has 1 fully saturated rings. The molecule has 0 unspecified atom stereocenters. The van der Waals surface area contributed by atoms with Crippen LogP contribution in [0.15, 0.2) is 0 Å². The van der Waals surface area contributed by atoms with Gasteiger partial charge < -0.3 is 5.32 Å². The maximum atomic E-state index is 12.0. The molecule has 2 heteroatoms. The predicted molar refractivity (Wildman–Crippen MR) is 86.7 cm³/mol. The van der Waals surface area contributed by atoms with Crippen LogP contribution < -0.4 is 5.32 Å². The number of hydrogen-bond donors (Lipinski definition) is 1. The van der Waals surface area contributed by atoms with E-state index < -0.39 is 0 Å². The molecule has 0 aliphatic heterocycles. The van der Waals surface area contributed by atoms with Gasteiger partial charge >= 0.3 is 0 Å². The minimum Gasteiger partial charge on any atom is -0.353 e. The molecule has 1 rings (SSSR count). The third kappa shape index (κ3) is 6.76. The van der Waals surface area contributed by atoms with Gasteiger partial charge in [-0.3, -0.25) is 4.79 Å². The lowest BCUT2D eigenvalue weighted by Crippen LogP contribution is -2.43. The molecule has 3 atom stereocenters. The molecular weight excluding hydrogens is 246 g/mol. The molecule has 0 bridgehead atoms. The van der Waals surface area contributed by atoms with Crippen molar-refractivity contribution in [1.29, 1.82) is 0 Å². The van der Waals surface area contributed by atoms with Crippen molar-refractivity contribution >= 4 is 5.91 Å². The summed E-state index contributed by atoms with van der Waals surface area (Å²) < 4.78 is 0. The van der Waals surface area contributed by atoms with Crippen LogP contribution in [0.5, 0.6) is 0 Å². The molecule has 0 saturated heterocycles. The monoisotopic (exact) mass is 281 g/mol. The van der Waals surface area contributed by atoms with Crippen molar-refractivity contribution in [3.63, 3.8) is 0 Å². The summed E-state index contributed by atoms with van der Waals surface area (Å²) in [7, 11) is 0. The van der Waals surface area contributed by atoms with Crippen molar-refractivity contribution in [3.8, 4) is 0 Å². The number of hydrogen-bond acceptors (Lipinski definition) is 1. The van der Waals surface area contributed by atoms with Gasteiger partial charge in [0.1, 0.15) is 0 Å². The minimum absolute atomic E-state index is 0.282. The van der Waals surface area contributed by atoms with Gasteiger partial charge in [-0.1, -0.05) is 72.1 Å². The molecule has 20 heavy (non-hydrogen) atoms. The summed E-state index contributed by atoms with van der Waals surface area (Å²) in [5.41, 5.74) is 0. The Morgan fingerprint density at radius 1 is 1.00 bits per heavy atom. The fraction of sp³-hybridized carbons (Fsp3) is 0.944. The van der Waals surface area contributed by atoms with Crippen molar-refractivity contribution in [3.05, 3.63) is 0 Å². The van der Waals surface area contributed by atoms with E-state index in [0.29, 0.717) is 12.0 Å². The van der Waals surface area contributed by atoms with Crippen LogP contribution in [-0.2, 0) is 4.79 Å². The third-order valence-electron chi connectivity index (χ3n) is 5.06. The van der Waals surface area contributed by atoms with Gasteiger partial charge in [-0.25, -0.2) is 0 Å². The first kappa shape index (κ1) is 17.5. The number of carbonyl (C=O) groups is 1. The Morgan fingerprint density at radius 3 is 2.35 bits per heavy atom. The maximum absolute atomic E-state index is 12.0. The van der Waals surface area contributed by atoms with Crippen LogP contribution in [0.3, 0.4) is 0 Å². The summed E-state index contributed by atoms with van der Waals surface area (Å²) in [6.07, 6.45) is 13.4. The smallest absolute Gasteiger partial charge is 0.220 e. The molecule has 0 aromatic heterocycles. The Hall–Kier alpha value is -0.530. The van der Waals surface area contributed by atoms with Gasteiger partial charge in [0.05, 0.1) is 0 Å². The van der Waals surface area contributed by atoms with Crippen LogP contribution in [0.25, 0.3) is 0 Å². The summed E-state index contributed by atoms with van der Waals surface area (Å²) in [5.74, 6) is 1.68. The Bertz CT molecular complexity index is 264. The molecule has 0 radical (unpaired) electrons. The van der Waals surface area contributed by atoms with Gasteiger partial charge in [-0.2, -0.15) is 0 Å². The average molecular weight is 281 g/mol.